The molecule has 2 rings (SSSR count). The first kappa shape index (κ1) is 10.5. The van der Waals surface area contributed by atoms with Crippen molar-refractivity contribution in [2.24, 2.45) is 5.73 Å². The number of nitrogens with zero attached hydrogens (tertiary/aromatic N) is 2. The molecule has 15 heavy (non-hydrogen) atoms. The Bertz CT molecular complexity index is 480. The molecule has 0 bridgehead atoms. The minimum atomic E-state index is -3.30. The van der Waals surface area contributed by atoms with Crippen molar-refractivity contribution in [3.8, 4) is 0 Å². The highest BCUT2D eigenvalue weighted by Crippen LogP contribution is 2.38. The summed E-state index contributed by atoms with van der Waals surface area (Å²) in [5, 5.41) is 0.0851. The van der Waals surface area contributed by atoms with Crippen molar-refractivity contribution < 1.29 is 8.42 Å². The molecule has 1 aromatic heterocycles. The summed E-state index contributed by atoms with van der Waals surface area (Å²) in [6.07, 6.45) is 4.76. The Kier molecular flexibility index (Phi) is 2.47. The molecule has 0 unspecified atom stereocenters. The van der Waals surface area contributed by atoms with Gasteiger partial charge in [0.05, 0.1) is 0 Å². The molecule has 0 aliphatic heterocycles. The standard InChI is InChI=1S/C9H13N3O2S/c1-15(13,14)9-7(4-10)5-11-8(12-9)6-2-3-6/h5-6H,2-4,10H2,1H3. The third-order valence-corrected chi connectivity index (χ3v) is 3.41. The van der Waals surface area contributed by atoms with Gasteiger partial charge >= 0.3 is 0 Å². The van der Waals surface area contributed by atoms with Gasteiger partial charge in [0.15, 0.2) is 14.9 Å². The van der Waals surface area contributed by atoms with Crippen LogP contribution in [0.5, 0.6) is 0 Å². The van der Waals surface area contributed by atoms with Crippen LogP contribution >= 0.6 is 0 Å². The molecule has 2 N–H and O–H groups in total. The number of nitrogens with two attached hydrogens (primary N) is 1. The van der Waals surface area contributed by atoms with E-state index in [1.165, 1.54) is 6.20 Å². The maximum absolute atomic E-state index is 11.5. The largest absolute Gasteiger partial charge is 0.326 e. The number of sulfone groups is 1. The summed E-state index contributed by atoms with van der Waals surface area (Å²) >= 11 is 0. The highest BCUT2D eigenvalue weighted by molar-refractivity contribution is 7.90. The zero-order valence-corrected chi connectivity index (χ0v) is 9.29. The summed E-state index contributed by atoms with van der Waals surface area (Å²) in [5.74, 6) is 0.977. The fourth-order valence-corrected chi connectivity index (χ4v) is 2.27. The Labute approximate surface area is 88.7 Å². The van der Waals surface area contributed by atoms with Crippen molar-refractivity contribution in [2.75, 3.05) is 6.26 Å². The summed E-state index contributed by atoms with van der Waals surface area (Å²) in [6, 6.07) is 0. The van der Waals surface area contributed by atoms with Crippen molar-refractivity contribution in [3.05, 3.63) is 17.6 Å². The van der Waals surface area contributed by atoms with E-state index in [9.17, 15) is 8.42 Å². The molecule has 1 fully saturated rings. The molecule has 0 saturated heterocycles. The van der Waals surface area contributed by atoms with E-state index in [2.05, 4.69) is 9.97 Å². The molecule has 0 aromatic carbocycles. The molecular weight excluding hydrogens is 214 g/mol. The minimum Gasteiger partial charge on any atom is -0.326 e. The van der Waals surface area contributed by atoms with E-state index in [0.717, 1.165) is 19.1 Å². The molecule has 0 spiro atoms. The lowest BCUT2D eigenvalue weighted by molar-refractivity contribution is 0.594. The van der Waals surface area contributed by atoms with Crippen LogP contribution in [0.2, 0.25) is 0 Å². The van der Waals surface area contributed by atoms with E-state index in [1.54, 1.807) is 0 Å². The van der Waals surface area contributed by atoms with Gasteiger partial charge in [-0.05, 0) is 12.8 Å². The molecule has 5 nitrogen and oxygen atoms in total. The Morgan fingerprint density at radius 1 is 1.53 bits per heavy atom. The molecule has 0 radical (unpaired) electrons. The van der Waals surface area contributed by atoms with Crippen LogP contribution in [0.3, 0.4) is 0 Å². The molecule has 1 heterocycles. The smallest absolute Gasteiger partial charge is 0.193 e. The second-order valence-electron chi connectivity index (χ2n) is 3.81. The number of rotatable bonds is 3. The predicted octanol–water partition coefficient (Wildman–Crippen LogP) is 0.216. The van der Waals surface area contributed by atoms with Crippen molar-refractivity contribution in [3.63, 3.8) is 0 Å². The van der Waals surface area contributed by atoms with Crippen LogP contribution in [0.4, 0.5) is 0 Å². The zero-order valence-electron chi connectivity index (χ0n) is 8.47. The number of aromatic nitrogens is 2. The van der Waals surface area contributed by atoms with Gasteiger partial charge in [0.2, 0.25) is 0 Å². The van der Waals surface area contributed by atoms with Gasteiger partial charge in [-0.3, -0.25) is 0 Å². The third-order valence-electron chi connectivity index (χ3n) is 2.36. The topological polar surface area (TPSA) is 85.9 Å². The van der Waals surface area contributed by atoms with Crippen molar-refractivity contribution in [1.29, 1.82) is 0 Å². The first-order valence-electron chi connectivity index (χ1n) is 4.78. The summed E-state index contributed by atoms with van der Waals surface area (Å²) in [4.78, 5) is 8.23. The van der Waals surface area contributed by atoms with Crippen LogP contribution in [0.25, 0.3) is 0 Å². The summed E-state index contributed by atoms with van der Waals surface area (Å²) in [7, 11) is -3.30. The summed E-state index contributed by atoms with van der Waals surface area (Å²) < 4.78 is 22.9. The average Bonchev–Trinajstić information content (AvgIpc) is 2.98. The lowest BCUT2D eigenvalue weighted by atomic mass is 10.3. The first-order chi connectivity index (χ1) is 7.02. The second-order valence-corrected chi connectivity index (χ2v) is 5.74. The van der Waals surface area contributed by atoms with Gasteiger partial charge in [-0.25, -0.2) is 18.4 Å². The minimum absolute atomic E-state index is 0.0851. The third kappa shape index (κ3) is 2.15. The van der Waals surface area contributed by atoms with Crippen LogP contribution in [-0.4, -0.2) is 24.6 Å². The Morgan fingerprint density at radius 3 is 2.67 bits per heavy atom. The molecule has 1 aliphatic rings. The second kappa shape index (κ2) is 3.53. The van der Waals surface area contributed by atoms with E-state index in [-0.39, 0.29) is 11.6 Å². The van der Waals surface area contributed by atoms with Gasteiger partial charge in [0, 0.05) is 30.5 Å². The van der Waals surface area contributed by atoms with Crippen LogP contribution in [0.1, 0.15) is 30.1 Å². The van der Waals surface area contributed by atoms with Crippen LogP contribution < -0.4 is 5.73 Å². The zero-order chi connectivity index (χ0) is 11.1. The number of hydrogen-bond donors (Lipinski definition) is 1. The molecule has 0 atom stereocenters. The molecule has 1 aromatic rings. The van der Waals surface area contributed by atoms with Crippen molar-refractivity contribution in [1.82, 2.24) is 9.97 Å². The molecule has 82 valence electrons. The normalized spacial score (nSPS) is 16.7. The Balaban J connectivity index is 2.52. The SMILES string of the molecule is CS(=O)(=O)c1nc(C2CC2)ncc1CN. The van der Waals surface area contributed by atoms with Crippen molar-refractivity contribution in [2.45, 2.75) is 30.3 Å². The highest BCUT2D eigenvalue weighted by atomic mass is 32.2. The van der Waals surface area contributed by atoms with Gasteiger partial charge in [-0.2, -0.15) is 0 Å². The lowest BCUT2D eigenvalue weighted by Gasteiger charge is -2.06. The van der Waals surface area contributed by atoms with Gasteiger partial charge < -0.3 is 5.73 Å². The van der Waals surface area contributed by atoms with Crippen molar-refractivity contribution >= 4 is 9.84 Å². The highest BCUT2D eigenvalue weighted by Gasteiger charge is 2.28. The fourth-order valence-electron chi connectivity index (χ4n) is 1.40. The van der Waals surface area contributed by atoms with Gasteiger partial charge in [0.25, 0.3) is 0 Å². The molecule has 1 saturated carbocycles. The van der Waals surface area contributed by atoms with Crippen LogP contribution in [0, 0.1) is 0 Å². The van der Waals surface area contributed by atoms with E-state index < -0.39 is 9.84 Å². The molecular formula is C9H13N3O2S. The average molecular weight is 227 g/mol. The van der Waals surface area contributed by atoms with Gasteiger partial charge in [-0.15, -0.1) is 0 Å². The maximum Gasteiger partial charge on any atom is 0.193 e. The van der Waals surface area contributed by atoms with E-state index in [0.29, 0.717) is 17.3 Å². The maximum atomic E-state index is 11.5. The molecule has 6 heteroatoms. The van der Waals surface area contributed by atoms with Crippen LogP contribution in [0.15, 0.2) is 11.2 Å². The van der Waals surface area contributed by atoms with Gasteiger partial charge in [-0.1, -0.05) is 0 Å². The first-order valence-corrected chi connectivity index (χ1v) is 6.67. The van der Waals surface area contributed by atoms with Crippen LogP contribution in [-0.2, 0) is 16.4 Å². The summed E-state index contributed by atoms with van der Waals surface area (Å²) in [5.41, 5.74) is 5.93. The molecule has 0 amide bonds. The van der Waals surface area contributed by atoms with E-state index in [1.807, 2.05) is 0 Å². The predicted molar refractivity (Wildman–Crippen MR) is 55.0 cm³/mol. The monoisotopic (exact) mass is 227 g/mol. The number of hydrogen-bond acceptors (Lipinski definition) is 5. The van der Waals surface area contributed by atoms with Gasteiger partial charge in [0.1, 0.15) is 5.82 Å². The lowest BCUT2D eigenvalue weighted by Crippen LogP contribution is -2.11. The quantitative estimate of drug-likeness (QED) is 0.746. The molecule has 1 aliphatic carbocycles. The fraction of sp³-hybridized carbons (Fsp3) is 0.556. The van der Waals surface area contributed by atoms with E-state index in [4.69, 9.17) is 5.73 Å². The Hall–Kier alpha value is -1.01. The summed E-state index contributed by atoms with van der Waals surface area (Å²) in [6.45, 7) is 0.146. The van der Waals surface area contributed by atoms with E-state index >= 15 is 0 Å². The Morgan fingerprint density at radius 2 is 2.20 bits per heavy atom.